The van der Waals surface area contributed by atoms with Crippen LogP contribution < -0.4 is 5.73 Å². The van der Waals surface area contributed by atoms with Gasteiger partial charge >= 0.3 is 0 Å². The van der Waals surface area contributed by atoms with E-state index in [1.807, 2.05) is 24.3 Å². The molecular formula is C14H19ClN3OS+. The number of nitrogens with zero attached hydrogens (tertiary/aromatic N) is 2. The molecule has 2 rings (SSSR count). The zero-order valence-electron chi connectivity index (χ0n) is 11.7. The summed E-state index contributed by atoms with van der Waals surface area (Å²) in [6, 6.07) is 7.81. The third-order valence-corrected chi connectivity index (χ3v) is 3.94. The molecule has 0 saturated carbocycles. The van der Waals surface area contributed by atoms with Gasteiger partial charge in [0.1, 0.15) is 0 Å². The topological polar surface area (TPSA) is 66.6 Å². The van der Waals surface area contributed by atoms with Gasteiger partial charge in [-0.1, -0.05) is 49.3 Å². The van der Waals surface area contributed by atoms with Crippen LogP contribution in [0.2, 0.25) is 5.02 Å². The molecule has 1 aromatic carbocycles. The summed E-state index contributed by atoms with van der Waals surface area (Å²) in [6.07, 6.45) is 0.948. The fourth-order valence-corrected chi connectivity index (χ4v) is 2.69. The van der Waals surface area contributed by atoms with Gasteiger partial charge in [-0.25, -0.2) is 0 Å². The Bertz CT molecular complexity index is 542. The van der Waals surface area contributed by atoms with Crippen LogP contribution in [0.5, 0.6) is 0 Å². The quantitative estimate of drug-likeness (QED) is 0.831. The van der Waals surface area contributed by atoms with Gasteiger partial charge in [0.2, 0.25) is 0 Å². The van der Waals surface area contributed by atoms with E-state index in [1.54, 1.807) is 0 Å². The van der Waals surface area contributed by atoms with Crippen molar-refractivity contribution >= 4 is 23.4 Å². The Hall–Kier alpha value is -1.04. The fourth-order valence-electron chi connectivity index (χ4n) is 1.84. The van der Waals surface area contributed by atoms with Crippen LogP contribution in [0.15, 0.2) is 33.9 Å². The lowest BCUT2D eigenvalue weighted by Crippen LogP contribution is -2.54. The van der Waals surface area contributed by atoms with Crippen LogP contribution in [0.25, 0.3) is 0 Å². The van der Waals surface area contributed by atoms with E-state index in [4.69, 9.17) is 16.0 Å². The molecule has 0 saturated heterocycles. The van der Waals surface area contributed by atoms with Gasteiger partial charge in [-0.2, -0.15) is 0 Å². The molecule has 1 atom stereocenters. The maximum atomic E-state index is 5.85. The Balaban J connectivity index is 1.91. The molecule has 0 amide bonds. The van der Waals surface area contributed by atoms with E-state index in [0.29, 0.717) is 17.0 Å². The number of aromatic nitrogens is 2. The monoisotopic (exact) mass is 312 g/mol. The highest BCUT2D eigenvalue weighted by Crippen LogP contribution is 2.24. The summed E-state index contributed by atoms with van der Waals surface area (Å²) in [5, 5.41) is 9.46. The summed E-state index contributed by atoms with van der Waals surface area (Å²) in [5.74, 6) is 1.97. The minimum absolute atomic E-state index is 0.0624. The number of hydrogen-bond acceptors (Lipinski definition) is 4. The van der Waals surface area contributed by atoms with Crippen molar-refractivity contribution in [2.45, 2.75) is 37.3 Å². The van der Waals surface area contributed by atoms with Crippen molar-refractivity contribution in [3.05, 3.63) is 40.7 Å². The molecule has 3 N–H and O–H groups in total. The van der Waals surface area contributed by atoms with Crippen LogP contribution >= 0.6 is 23.4 Å². The first-order valence-electron chi connectivity index (χ1n) is 6.58. The molecule has 1 aromatic heterocycles. The molecule has 1 heterocycles. The number of quaternary nitrogens is 1. The van der Waals surface area contributed by atoms with E-state index in [-0.39, 0.29) is 6.04 Å². The molecule has 0 radical (unpaired) electrons. The zero-order valence-corrected chi connectivity index (χ0v) is 13.2. The third-order valence-electron chi connectivity index (χ3n) is 2.80. The summed E-state index contributed by atoms with van der Waals surface area (Å²) >= 11 is 7.38. The zero-order chi connectivity index (χ0) is 14.5. The summed E-state index contributed by atoms with van der Waals surface area (Å²) < 4.78 is 5.64. The van der Waals surface area contributed by atoms with Gasteiger partial charge in [-0.3, -0.25) is 0 Å². The standard InChI is InChI=1S/C14H18ClN3OS/c1-9(2)7-12(16)13-17-18-14(19-13)20-8-10-3-5-11(15)6-4-10/h3-6,9,12H,7-8,16H2,1-2H3/p+1. The number of thioether (sulfide) groups is 1. The molecule has 0 bridgehead atoms. The van der Waals surface area contributed by atoms with E-state index < -0.39 is 0 Å². The molecule has 0 fully saturated rings. The molecule has 20 heavy (non-hydrogen) atoms. The van der Waals surface area contributed by atoms with E-state index in [1.165, 1.54) is 17.3 Å². The Morgan fingerprint density at radius 1 is 1.25 bits per heavy atom. The Kier molecular flexibility index (Phi) is 5.46. The summed E-state index contributed by atoms with van der Waals surface area (Å²) in [6.45, 7) is 4.31. The Morgan fingerprint density at radius 3 is 2.60 bits per heavy atom. The van der Waals surface area contributed by atoms with Gasteiger partial charge in [0, 0.05) is 17.2 Å². The van der Waals surface area contributed by atoms with Crippen molar-refractivity contribution < 1.29 is 10.2 Å². The second-order valence-corrected chi connectivity index (χ2v) is 6.51. The van der Waals surface area contributed by atoms with Gasteiger partial charge in [-0.05, 0) is 23.6 Å². The van der Waals surface area contributed by atoms with Crippen molar-refractivity contribution in [2.75, 3.05) is 0 Å². The van der Waals surface area contributed by atoms with Crippen molar-refractivity contribution in [3.8, 4) is 0 Å². The van der Waals surface area contributed by atoms with Crippen LogP contribution in [0.3, 0.4) is 0 Å². The highest BCUT2D eigenvalue weighted by atomic mass is 35.5. The Labute approximate surface area is 128 Å². The van der Waals surface area contributed by atoms with Crippen molar-refractivity contribution in [1.82, 2.24) is 10.2 Å². The molecule has 0 aliphatic carbocycles. The molecule has 2 aromatic rings. The molecule has 0 spiro atoms. The predicted octanol–water partition coefficient (Wildman–Crippen LogP) is 3.34. The smallest absolute Gasteiger partial charge is 0.277 e. The summed E-state index contributed by atoms with van der Waals surface area (Å²) in [7, 11) is 0. The van der Waals surface area contributed by atoms with Gasteiger partial charge in [-0.15, -0.1) is 10.2 Å². The van der Waals surface area contributed by atoms with Crippen LogP contribution in [0.4, 0.5) is 0 Å². The van der Waals surface area contributed by atoms with Crippen LogP contribution in [0, 0.1) is 5.92 Å². The van der Waals surface area contributed by atoms with Crippen molar-refractivity contribution in [2.24, 2.45) is 5.92 Å². The van der Waals surface area contributed by atoms with E-state index in [9.17, 15) is 0 Å². The number of halogens is 1. The normalized spacial score (nSPS) is 12.8. The van der Waals surface area contributed by atoms with Gasteiger partial charge in [0.25, 0.3) is 11.1 Å². The second-order valence-electron chi connectivity index (χ2n) is 5.15. The minimum Gasteiger partial charge on any atom is -0.410 e. The SMILES string of the molecule is CC(C)CC([NH3+])c1nnc(SCc2ccc(Cl)cc2)o1. The minimum atomic E-state index is 0.0624. The van der Waals surface area contributed by atoms with E-state index in [0.717, 1.165) is 17.2 Å². The molecule has 1 unspecified atom stereocenters. The molecule has 0 aliphatic heterocycles. The van der Waals surface area contributed by atoms with Crippen LogP contribution in [-0.2, 0) is 5.75 Å². The van der Waals surface area contributed by atoms with Gasteiger partial charge in [0.15, 0.2) is 6.04 Å². The van der Waals surface area contributed by atoms with Gasteiger partial charge in [0.05, 0.1) is 0 Å². The Morgan fingerprint density at radius 2 is 1.95 bits per heavy atom. The third kappa shape index (κ3) is 4.51. The fraction of sp³-hybridized carbons (Fsp3) is 0.429. The number of hydrogen-bond donors (Lipinski definition) is 1. The average molecular weight is 313 g/mol. The van der Waals surface area contributed by atoms with E-state index >= 15 is 0 Å². The molecule has 108 valence electrons. The van der Waals surface area contributed by atoms with Crippen LogP contribution in [-0.4, -0.2) is 10.2 Å². The first-order valence-corrected chi connectivity index (χ1v) is 7.94. The second kappa shape index (κ2) is 7.11. The molecular weight excluding hydrogens is 294 g/mol. The largest absolute Gasteiger partial charge is 0.410 e. The number of benzene rings is 1. The van der Waals surface area contributed by atoms with Crippen molar-refractivity contribution in [1.29, 1.82) is 0 Å². The number of rotatable bonds is 6. The first-order chi connectivity index (χ1) is 9.54. The molecule has 0 aliphatic rings. The van der Waals surface area contributed by atoms with Crippen molar-refractivity contribution in [3.63, 3.8) is 0 Å². The maximum Gasteiger partial charge on any atom is 0.277 e. The predicted molar refractivity (Wildman–Crippen MR) is 80.4 cm³/mol. The average Bonchev–Trinajstić information content (AvgIpc) is 2.86. The van der Waals surface area contributed by atoms with E-state index in [2.05, 4.69) is 29.8 Å². The lowest BCUT2D eigenvalue weighted by molar-refractivity contribution is -0.435. The maximum absolute atomic E-state index is 5.85. The highest BCUT2D eigenvalue weighted by molar-refractivity contribution is 7.98. The lowest BCUT2D eigenvalue weighted by atomic mass is 10.1. The molecule has 6 heteroatoms. The molecule has 4 nitrogen and oxygen atoms in total. The first kappa shape index (κ1) is 15.4. The van der Waals surface area contributed by atoms with Gasteiger partial charge < -0.3 is 10.2 Å². The summed E-state index contributed by atoms with van der Waals surface area (Å²) in [5.41, 5.74) is 5.24. The highest BCUT2D eigenvalue weighted by Gasteiger charge is 2.19. The lowest BCUT2D eigenvalue weighted by Gasteiger charge is -2.05. The summed E-state index contributed by atoms with van der Waals surface area (Å²) in [4.78, 5) is 0. The van der Waals surface area contributed by atoms with Crippen LogP contribution in [0.1, 0.15) is 37.8 Å².